The third-order valence-electron chi connectivity index (χ3n) is 1.96. The highest BCUT2D eigenvalue weighted by Gasteiger charge is 2.07. The summed E-state index contributed by atoms with van der Waals surface area (Å²) in [5.74, 6) is -0.291. The number of aromatic nitrogens is 1. The largest absolute Gasteiger partial charge is 0.303 e. The maximum Gasteiger partial charge on any atom is 0.132 e. The summed E-state index contributed by atoms with van der Waals surface area (Å²) in [4.78, 5) is 14.5. The molecule has 0 spiro atoms. The third-order valence-corrected chi connectivity index (χ3v) is 2.83. The summed E-state index contributed by atoms with van der Waals surface area (Å²) in [6.45, 7) is 0. The average Bonchev–Trinajstić information content (AvgIpc) is 2.68. The van der Waals surface area contributed by atoms with Gasteiger partial charge in [0.1, 0.15) is 17.1 Å². The van der Waals surface area contributed by atoms with E-state index in [1.54, 1.807) is 23.6 Å². The molecule has 0 fully saturated rings. The van der Waals surface area contributed by atoms with E-state index < -0.39 is 0 Å². The van der Waals surface area contributed by atoms with Crippen LogP contribution in [0.25, 0.3) is 11.3 Å². The summed E-state index contributed by atoms with van der Waals surface area (Å²) in [6.07, 6.45) is 1.09. The van der Waals surface area contributed by atoms with Gasteiger partial charge in [-0.3, -0.25) is 0 Å². The summed E-state index contributed by atoms with van der Waals surface area (Å²) in [7, 11) is 0. The number of carbonyl (C=O) groups is 1. The fraction of sp³-hybridized carbons (Fsp3) is 0.0909. The van der Waals surface area contributed by atoms with Crippen molar-refractivity contribution in [1.29, 1.82) is 0 Å². The molecule has 0 saturated heterocycles. The molecule has 4 heteroatoms. The minimum absolute atomic E-state index is 0.291. The minimum atomic E-state index is -0.291. The lowest BCUT2D eigenvalue weighted by atomic mass is 10.1. The van der Waals surface area contributed by atoms with Crippen LogP contribution in [0.5, 0.6) is 0 Å². The fourth-order valence-corrected chi connectivity index (χ4v) is 2.01. The Hall–Kier alpha value is -1.55. The number of thiazole rings is 1. The van der Waals surface area contributed by atoms with Crippen LogP contribution in [-0.2, 0) is 11.2 Å². The molecule has 0 atom stereocenters. The highest BCUT2D eigenvalue weighted by molar-refractivity contribution is 7.10. The first kappa shape index (κ1) is 9.98. The van der Waals surface area contributed by atoms with Crippen LogP contribution in [0.15, 0.2) is 29.6 Å². The summed E-state index contributed by atoms with van der Waals surface area (Å²) >= 11 is 1.37. The molecule has 2 aromatic rings. The molecular formula is C11H8FNOS. The van der Waals surface area contributed by atoms with Crippen molar-refractivity contribution in [3.05, 3.63) is 40.5 Å². The Balaban J connectivity index is 2.37. The second-order valence-corrected chi connectivity index (χ2v) is 3.92. The predicted octanol–water partition coefficient (Wildman–Crippen LogP) is 2.69. The molecule has 0 unspecified atom stereocenters. The first-order valence-electron chi connectivity index (χ1n) is 4.44. The number of nitrogens with zero attached hydrogens (tertiary/aromatic N) is 1. The normalized spacial score (nSPS) is 10.2. The van der Waals surface area contributed by atoms with Gasteiger partial charge in [-0.05, 0) is 12.1 Å². The second kappa shape index (κ2) is 4.31. The molecule has 76 valence electrons. The van der Waals surface area contributed by atoms with Gasteiger partial charge in [0.15, 0.2) is 0 Å². The molecule has 0 bridgehead atoms. The van der Waals surface area contributed by atoms with Gasteiger partial charge in [-0.15, -0.1) is 11.3 Å². The molecule has 0 amide bonds. The van der Waals surface area contributed by atoms with E-state index in [-0.39, 0.29) is 5.82 Å². The standard InChI is InChI=1S/C11H8FNOS/c12-9-4-2-1-3-8(9)10-7-15-11(13-10)5-6-14/h1-4,6-7H,5H2. The second-order valence-electron chi connectivity index (χ2n) is 2.98. The van der Waals surface area contributed by atoms with E-state index in [9.17, 15) is 9.18 Å². The van der Waals surface area contributed by atoms with Crippen LogP contribution in [0, 0.1) is 5.82 Å². The van der Waals surface area contributed by atoms with E-state index >= 15 is 0 Å². The number of benzene rings is 1. The van der Waals surface area contributed by atoms with Gasteiger partial charge in [0.05, 0.1) is 12.1 Å². The van der Waals surface area contributed by atoms with Gasteiger partial charge in [0, 0.05) is 10.9 Å². The lowest BCUT2D eigenvalue weighted by Crippen LogP contribution is -1.86. The van der Waals surface area contributed by atoms with Crippen molar-refractivity contribution in [2.24, 2.45) is 0 Å². The van der Waals surface area contributed by atoms with Crippen LogP contribution in [0.2, 0.25) is 0 Å². The van der Waals surface area contributed by atoms with Gasteiger partial charge < -0.3 is 4.79 Å². The molecule has 0 N–H and O–H groups in total. The lowest BCUT2D eigenvalue weighted by molar-refractivity contribution is -0.107. The molecule has 0 aliphatic carbocycles. The van der Waals surface area contributed by atoms with Crippen LogP contribution in [0.1, 0.15) is 5.01 Å². The number of rotatable bonds is 3. The zero-order valence-electron chi connectivity index (χ0n) is 7.81. The number of hydrogen-bond donors (Lipinski definition) is 0. The Bertz CT molecular complexity index is 481. The van der Waals surface area contributed by atoms with Gasteiger partial charge in [-0.25, -0.2) is 9.37 Å². The highest BCUT2D eigenvalue weighted by atomic mass is 32.1. The van der Waals surface area contributed by atoms with Crippen LogP contribution in [-0.4, -0.2) is 11.3 Å². The molecule has 2 nitrogen and oxygen atoms in total. The maximum atomic E-state index is 13.4. The molecule has 0 aliphatic rings. The van der Waals surface area contributed by atoms with Crippen LogP contribution < -0.4 is 0 Å². The van der Waals surface area contributed by atoms with E-state index in [0.29, 0.717) is 22.7 Å². The van der Waals surface area contributed by atoms with E-state index in [2.05, 4.69) is 4.98 Å². The quantitative estimate of drug-likeness (QED) is 0.746. The van der Waals surface area contributed by atoms with Crippen molar-refractivity contribution in [1.82, 2.24) is 4.98 Å². The predicted molar refractivity (Wildman–Crippen MR) is 57.3 cm³/mol. The summed E-state index contributed by atoms with van der Waals surface area (Å²) in [6, 6.07) is 6.47. The van der Waals surface area contributed by atoms with Crippen molar-refractivity contribution in [3.8, 4) is 11.3 Å². The Morgan fingerprint density at radius 3 is 2.93 bits per heavy atom. The van der Waals surface area contributed by atoms with E-state index in [1.165, 1.54) is 17.4 Å². The Morgan fingerprint density at radius 1 is 1.40 bits per heavy atom. The first-order chi connectivity index (χ1) is 7.31. The molecule has 0 aliphatic heterocycles. The lowest BCUT2D eigenvalue weighted by Gasteiger charge is -1.97. The van der Waals surface area contributed by atoms with Gasteiger partial charge in [0.2, 0.25) is 0 Å². The Labute approximate surface area is 90.4 Å². The SMILES string of the molecule is O=CCc1nc(-c2ccccc2F)cs1. The van der Waals surface area contributed by atoms with Crippen LogP contribution in [0.3, 0.4) is 0 Å². The molecule has 1 heterocycles. The van der Waals surface area contributed by atoms with Crippen LogP contribution in [0.4, 0.5) is 4.39 Å². The third kappa shape index (κ3) is 2.10. The van der Waals surface area contributed by atoms with Gasteiger partial charge >= 0.3 is 0 Å². The molecule has 15 heavy (non-hydrogen) atoms. The number of hydrogen-bond acceptors (Lipinski definition) is 3. The van der Waals surface area contributed by atoms with E-state index in [4.69, 9.17) is 0 Å². The van der Waals surface area contributed by atoms with Gasteiger partial charge in [0.25, 0.3) is 0 Å². The monoisotopic (exact) mass is 221 g/mol. The smallest absolute Gasteiger partial charge is 0.132 e. The average molecular weight is 221 g/mol. The maximum absolute atomic E-state index is 13.4. The Kier molecular flexibility index (Phi) is 2.87. The molecular weight excluding hydrogens is 213 g/mol. The zero-order valence-corrected chi connectivity index (χ0v) is 8.63. The van der Waals surface area contributed by atoms with Crippen molar-refractivity contribution in [2.75, 3.05) is 0 Å². The van der Waals surface area contributed by atoms with Gasteiger partial charge in [-0.2, -0.15) is 0 Å². The number of aldehydes is 1. The molecule has 0 radical (unpaired) electrons. The van der Waals surface area contributed by atoms with Crippen molar-refractivity contribution >= 4 is 17.6 Å². The van der Waals surface area contributed by atoms with E-state index in [0.717, 1.165) is 6.29 Å². The summed E-state index contributed by atoms with van der Waals surface area (Å²) in [5.41, 5.74) is 1.07. The summed E-state index contributed by atoms with van der Waals surface area (Å²) in [5, 5.41) is 2.47. The topological polar surface area (TPSA) is 30.0 Å². The molecule has 1 aromatic carbocycles. The molecule has 0 saturated carbocycles. The van der Waals surface area contributed by atoms with Crippen molar-refractivity contribution < 1.29 is 9.18 Å². The molecule has 1 aromatic heterocycles. The summed E-state index contributed by atoms with van der Waals surface area (Å²) < 4.78 is 13.4. The first-order valence-corrected chi connectivity index (χ1v) is 5.32. The van der Waals surface area contributed by atoms with Crippen LogP contribution >= 0.6 is 11.3 Å². The Morgan fingerprint density at radius 2 is 2.20 bits per heavy atom. The highest BCUT2D eigenvalue weighted by Crippen LogP contribution is 2.24. The van der Waals surface area contributed by atoms with Crippen molar-refractivity contribution in [3.63, 3.8) is 0 Å². The van der Waals surface area contributed by atoms with Gasteiger partial charge in [-0.1, -0.05) is 12.1 Å². The number of halogens is 1. The fourth-order valence-electron chi connectivity index (χ4n) is 1.27. The van der Waals surface area contributed by atoms with E-state index in [1.807, 2.05) is 0 Å². The minimum Gasteiger partial charge on any atom is -0.303 e. The van der Waals surface area contributed by atoms with Crippen molar-refractivity contribution in [2.45, 2.75) is 6.42 Å². The molecule has 2 rings (SSSR count). The zero-order chi connectivity index (χ0) is 10.7. The number of carbonyl (C=O) groups excluding carboxylic acids is 1.